The summed E-state index contributed by atoms with van der Waals surface area (Å²) >= 11 is 0. The van der Waals surface area contributed by atoms with E-state index in [1.54, 1.807) is 0 Å². The molecule has 0 aliphatic carbocycles. The quantitative estimate of drug-likeness (QED) is 0.696. The number of ether oxygens (including phenoxy) is 2. The molecule has 4 heteroatoms. The molecule has 0 amide bonds. The molecule has 0 saturated carbocycles. The third-order valence-electron chi connectivity index (χ3n) is 3.27. The second kappa shape index (κ2) is 9.64. The van der Waals surface area contributed by atoms with Gasteiger partial charge in [-0.05, 0) is 50.3 Å². The molecular formula is C17H29NO3. The van der Waals surface area contributed by atoms with Gasteiger partial charge < -0.3 is 20.3 Å². The Morgan fingerprint density at radius 2 is 1.71 bits per heavy atom. The maximum absolute atomic E-state index is 9.79. The summed E-state index contributed by atoms with van der Waals surface area (Å²) in [5.74, 6) is 1.58. The SMILES string of the molecule is CCCOc1ccc(CCC(O)C(C)N)cc1OCCC. The lowest BCUT2D eigenvalue weighted by Gasteiger charge is -2.16. The number of rotatable bonds is 10. The van der Waals surface area contributed by atoms with Crippen molar-refractivity contribution >= 4 is 0 Å². The fraction of sp³-hybridized carbons (Fsp3) is 0.647. The molecule has 120 valence electrons. The van der Waals surface area contributed by atoms with Gasteiger partial charge in [0.2, 0.25) is 0 Å². The molecule has 0 aromatic heterocycles. The number of hydrogen-bond donors (Lipinski definition) is 2. The normalized spacial score (nSPS) is 13.8. The summed E-state index contributed by atoms with van der Waals surface area (Å²) < 4.78 is 11.5. The lowest BCUT2D eigenvalue weighted by atomic mass is 10.0. The second-order valence-electron chi connectivity index (χ2n) is 5.44. The molecule has 0 aliphatic heterocycles. The molecule has 0 saturated heterocycles. The average Bonchev–Trinajstić information content (AvgIpc) is 2.49. The zero-order valence-corrected chi connectivity index (χ0v) is 13.5. The van der Waals surface area contributed by atoms with E-state index >= 15 is 0 Å². The summed E-state index contributed by atoms with van der Waals surface area (Å²) in [7, 11) is 0. The molecule has 1 rings (SSSR count). The van der Waals surface area contributed by atoms with E-state index in [0.717, 1.165) is 36.3 Å². The summed E-state index contributed by atoms with van der Waals surface area (Å²) in [4.78, 5) is 0. The first-order valence-corrected chi connectivity index (χ1v) is 7.90. The summed E-state index contributed by atoms with van der Waals surface area (Å²) in [5.41, 5.74) is 6.81. The monoisotopic (exact) mass is 295 g/mol. The van der Waals surface area contributed by atoms with Gasteiger partial charge in [-0.1, -0.05) is 19.9 Å². The molecule has 0 radical (unpaired) electrons. The minimum absolute atomic E-state index is 0.201. The van der Waals surface area contributed by atoms with Gasteiger partial charge in [0, 0.05) is 6.04 Å². The lowest BCUT2D eigenvalue weighted by molar-refractivity contribution is 0.141. The molecule has 0 spiro atoms. The Labute approximate surface area is 128 Å². The molecule has 2 unspecified atom stereocenters. The van der Waals surface area contributed by atoms with Gasteiger partial charge in [0.1, 0.15) is 0 Å². The molecule has 0 fully saturated rings. The largest absolute Gasteiger partial charge is 0.490 e. The number of aryl methyl sites for hydroxylation is 1. The highest BCUT2D eigenvalue weighted by molar-refractivity contribution is 5.43. The van der Waals surface area contributed by atoms with Crippen molar-refractivity contribution in [2.24, 2.45) is 5.73 Å². The van der Waals surface area contributed by atoms with Crippen LogP contribution >= 0.6 is 0 Å². The Bertz CT molecular complexity index is 407. The first-order valence-electron chi connectivity index (χ1n) is 7.90. The van der Waals surface area contributed by atoms with Crippen LogP contribution in [0.4, 0.5) is 0 Å². The number of hydrogen-bond acceptors (Lipinski definition) is 4. The Balaban J connectivity index is 2.72. The van der Waals surface area contributed by atoms with Crippen LogP contribution in [0.3, 0.4) is 0 Å². The fourth-order valence-corrected chi connectivity index (χ4v) is 1.94. The Morgan fingerprint density at radius 1 is 1.10 bits per heavy atom. The van der Waals surface area contributed by atoms with E-state index in [0.29, 0.717) is 19.6 Å². The van der Waals surface area contributed by atoms with Gasteiger partial charge in [0.25, 0.3) is 0 Å². The van der Waals surface area contributed by atoms with Crippen LogP contribution in [0, 0.1) is 0 Å². The van der Waals surface area contributed by atoms with E-state index in [2.05, 4.69) is 13.8 Å². The van der Waals surface area contributed by atoms with Crippen molar-refractivity contribution in [3.8, 4) is 11.5 Å². The van der Waals surface area contributed by atoms with Crippen LogP contribution < -0.4 is 15.2 Å². The van der Waals surface area contributed by atoms with Gasteiger partial charge in [-0.3, -0.25) is 0 Å². The lowest BCUT2D eigenvalue weighted by Crippen LogP contribution is -2.31. The van der Waals surface area contributed by atoms with Crippen molar-refractivity contribution in [2.75, 3.05) is 13.2 Å². The van der Waals surface area contributed by atoms with Gasteiger partial charge in [-0.15, -0.1) is 0 Å². The molecule has 21 heavy (non-hydrogen) atoms. The van der Waals surface area contributed by atoms with Crippen LogP contribution in [-0.2, 0) is 6.42 Å². The molecule has 1 aromatic carbocycles. The Hall–Kier alpha value is -1.26. The summed E-state index contributed by atoms with van der Waals surface area (Å²) in [6.07, 6.45) is 2.89. The number of aliphatic hydroxyl groups is 1. The highest BCUT2D eigenvalue weighted by Crippen LogP contribution is 2.29. The van der Waals surface area contributed by atoms with Crippen molar-refractivity contribution in [3.63, 3.8) is 0 Å². The third-order valence-corrected chi connectivity index (χ3v) is 3.27. The summed E-state index contributed by atoms with van der Waals surface area (Å²) in [6, 6.07) is 5.79. The van der Waals surface area contributed by atoms with Crippen LogP contribution in [0.25, 0.3) is 0 Å². The summed E-state index contributed by atoms with van der Waals surface area (Å²) in [5, 5.41) is 9.79. The highest BCUT2D eigenvalue weighted by Gasteiger charge is 2.11. The maximum Gasteiger partial charge on any atom is 0.161 e. The van der Waals surface area contributed by atoms with Crippen LogP contribution in [-0.4, -0.2) is 30.5 Å². The van der Waals surface area contributed by atoms with Crippen LogP contribution in [0.2, 0.25) is 0 Å². The van der Waals surface area contributed by atoms with E-state index in [1.807, 2.05) is 25.1 Å². The summed E-state index contributed by atoms with van der Waals surface area (Å²) in [6.45, 7) is 7.34. The smallest absolute Gasteiger partial charge is 0.161 e. The van der Waals surface area contributed by atoms with Crippen molar-refractivity contribution in [1.29, 1.82) is 0 Å². The van der Waals surface area contributed by atoms with E-state index in [9.17, 15) is 5.11 Å². The molecule has 0 heterocycles. The Morgan fingerprint density at radius 3 is 2.29 bits per heavy atom. The van der Waals surface area contributed by atoms with Gasteiger partial charge in [0.15, 0.2) is 11.5 Å². The molecule has 3 N–H and O–H groups in total. The zero-order chi connectivity index (χ0) is 15.7. The second-order valence-corrected chi connectivity index (χ2v) is 5.44. The van der Waals surface area contributed by atoms with E-state index < -0.39 is 6.10 Å². The minimum Gasteiger partial charge on any atom is -0.490 e. The number of benzene rings is 1. The number of aliphatic hydroxyl groups excluding tert-OH is 1. The van der Waals surface area contributed by atoms with E-state index in [-0.39, 0.29) is 6.04 Å². The molecule has 0 aliphatic rings. The van der Waals surface area contributed by atoms with Crippen LogP contribution in [0.5, 0.6) is 11.5 Å². The predicted octanol–water partition coefficient (Wildman–Crippen LogP) is 2.90. The predicted molar refractivity (Wildman–Crippen MR) is 86.0 cm³/mol. The number of nitrogens with two attached hydrogens (primary N) is 1. The van der Waals surface area contributed by atoms with E-state index in [4.69, 9.17) is 15.2 Å². The van der Waals surface area contributed by atoms with Gasteiger partial charge >= 0.3 is 0 Å². The maximum atomic E-state index is 9.79. The van der Waals surface area contributed by atoms with Crippen LogP contribution in [0.15, 0.2) is 18.2 Å². The topological polar surface area (TPSA) is 64.7 Å². The average molecular weight is 295 g/mol. The minimum atomic E-state index is -0.471. The zero-order valence-electron chi connectivity index (χ0n) is 13.5. The van der Waals surface area contributed by atoms with Crippen molar-refractivity contribution in [2.45, 2.75) is 58.6 Å². The fourth-order valence-electron chi connectivity index (χ4n) is 1.94. The molecular weight excluding hydrogens is 266 g/mol. The van der Waals surface area contributed by atoms with Gasteiger partial charge in [-0.2, -0.15) is 0 Å². The molecule has 2 atom stereocenters. The molecule has 1 aromatic rings. The standard InChI is InChI=1S/C17H29NO3/c1-4-10-20-16-9-7-14(6-8-15(19)13(3)18)12-17(16)21-11-5-2/h7,9,12-13,15,19H,4-6,8,10-11,18H2,1-3H3. The van der Waals surface area contributed by atoms with E-state index in [1.165, 1.54) is 0 Å². The van der Waals surface area contributed by atoms with Gasteiger partial charge in [-0.25, -0.2) is 0 Å². The first-order chi connectivity index (χ1) is 10.1. The molecule has 0 bridgehead atoms. The van der Waals surface area contributed by atoms with Crippen molar-refractivity contribution in [3.05, 3.63) is 23.8 Å². The van der Waals surface area contributed by atoms with Crippen molar-refractivity contribution < 1.29 is 14.6 Å². The van der Waals surface area contributed by atoms with Gasteiger partial charge in [0.05, 0.1) is 19.3 Å². The Kier molecular flexibility index (Phi) is 8.16. The van der Waals surface area contributed by atoms with Crippen molar-refractivity contribution in [1.82, 2.24) is 0 Å². The molecule has 4 nitrogen and oxygen atoms in total. The van der Waals surface area contributed by atoms with Crippen LogP contribution in [0.1, 0.15) is 45.6 Å². The first kappa shape index (κ1) is 17.8. The highest BCUT2D eigenvalue weighted by atomic mass is 16.5. The third kappa shape index (κ3) is 6.36.